The summed E-state index contributed by atoms with van der Waals surface area (Å²) in [5.41, 5.74) is 1.10. The molecule has 2 heterocycles. The molecule has 0 N–H and O–H groups in total. The Morgan fingerprint density at radius 1 is 1.53 bits per heavy atom. The number of aromatic nitrogens is 3. The summed E-state index contributed by atoms with van der Waals surface area (Å²) in [7, 11) is 1.34. The molecule has 0 radical (unpaired) electrons. The fourth-order valence-corrected chi connectivity index (χ4v) is 2.85. The van der Waals surface area contributed by atoms with E-state index in [-0.39, 0.29) is 0 Å². The van der Waals surface area contributed by atoms with Gasteiger partial charge in [0.2, 0.25) is 0 Å². The quantitative estimate of drug-likeness (QED) is 0.797. The van der Waals surface area contributed by atoms with E-state index in [2.05, 4.69) is 10.3 Å². The first-order chi connectivity index (χ1) is 9.15. The predicted molar refractivity (Wildman–Crippen MR) is 73.8 cm³/mol. The van der Waals surface area contributed by atoms with Gasteiger partial charge in [-0.15, -0.1) is 16.4 Å². The largest absolute Gasteiger partial charge is 0.464 e. The van der Waals surface area contributed by atoms with Crippen molar-refractivity contribution in [3.05, 3.63) is 32.7 Å². The van der Waals surface area contributed by atoms with Gasteiger partial charge in [0.25, 0.3) is 0 Å². The van der Waals surface area contributed by atoms with E-state index in [1.807, 2.05) is 19.1 Å². The van der Waals surface area contributed by atoms with Crippen LogP contribution in [-0.4, -0.2) is 28.1 Å². The molecule has 5 nitrogen and oxygen atoms in total. The van der Waals surface area contributed by atoms with Crippen molar-refractivity contribution in [3.8, 4) is 0 Å². The third kappa shape index (κ3) is 3.13. The summed E-state index contributed by atoms with van der Waals surface area (Å²) < 4.78 is 7.19. The number of carbonyl (C=O) groups excluding carboxylic acids is 1. The lowest BCUT2D eigenvalue weighted by Crippen LogP contribution is -2.10. The maximum atomic E-state index is 11.6. The van der Waals surface area contributed by atoms with Crippen LogP contribution in [0, 0.1) is 0 Å². The Morgan fingerprint density at radius 2 is 2.32 bits per heavy atom. The van der Waals surface area contributed by atoms with Gasteiger partial charge in [0.15, 0.2) is 5.69 Å². The van der Waals surface area contributed by atoms with Crippen molar-refractivity contribution in [3.63, 3.8) is 0 Å². The van der Waals surface area contributed by atoms with E-state index in [0.29, 0.717) is 12.2 Å². The summed E-state index contributed by atoms with van der Waals surface area (Å²) >= 11 is 7.40. The maximum Gasteiger partial charge on any atom is 0.360 e. The van der Waals surface area contributed by atoms with Gasteiger partial charge < -0.3 is 4.74 Å². The summed E-state index contributed by atoms with van der Waals surface area (Å²) in [6.07, 6.45) is 1.64. The fourth-order valence-electron chi connectivity index (χ4n) is 1.78. The van der Waals surface area contributed by atoms with Gasteiger partial charge in [-0.1, -0.05) is 30.2 Å². The van der Waals surface area contributed by atoms with E-state index in [9.17, 15) is 4.79 Å². The van der Waals surface area contributed by atoms with Crippen molar-refractivity contribution in [1.82, 2.24) is 15.0 Å². The van der Waals surface area contributed by atoms with Crippen molar-refractivity contribution in [2.24, 2.45) is 0 Å². The molecule has 0 spiro atoms. The van der Waals surface area contributed by atoms with Crippen LogP contribution in [0.3, 0.4) is 0 Å². The topological polar surface area (TPSA) is 57.0 Å². The van der Waals surface area contributed by atoms with Gasteiger partial charge in [-0.2, -0.15) is 0 Å². The number of rotatable bonds is 5. The lowest BCUT2D eigenvalue weighted by Gasteiger charge is -2.05. The Hall–Kier alpha value is -1.40. The second kappa shape index (κ2) is 6.16. The number of methoxy groups -OCH3 is 1. The monoisotopic (exact) mass is 299 g/mol. The molecule has 0 aliphatic heterocycles. The molecule has 0 amide bonds. The molecule has 7 heteroatoms. The molecule has 0 atom stereocenters. The average molecular weight is 300 g/mol. The lowest BCUT2D eigenvalue weighted by molar-refractivity contribution is 0.0592. The van der Waals surface area contributed by atoms with Crippen molar-refractivity contribution < 1.29 is 9.53 Å². The summed E-state index contributed by atoms with van der Waals surface area (Å²) in [6, 6.07) is 3.79. The number of halogens is 1. The van der Waals surface area contributed by atoms with E-state index < -0.39 is 5.97 Å². The molecule has 0 aliphatic carbocycles. The number of carbonyl (C=O) groups is 1. The molecule has 19 heavy (non-hydrogen) atoms. The highest BCUT2D eigenvalue weighted by molar-refractivity contribution is 7.16. The Kier molecular flexibility index (Phi) is 4.55. The summed E-state index contributed by atoms with van der Waals surface area (Å²) in [5.74, 6) is -0.445. The molecule has 0 fully saturated rings. The minimum absolute atomic E-state index is 0.298. The maximum absolute atomic E-state index is 11.6. The van der Waals surface area contributed by atoms with Crippen LogP contribution in [0.5, 0.6) is 0 Å². The van der Waals surface area contributed by atoms with Crippen LogP contribution in [0.25, 0.3) is 0 Å². The summed E-state index contributed by atoms with van der Waals surface area (Å²) in [6.45, 7) is 2.61. The van der Waals surface area contributed by atoms with Gasteiger partial charge in [-0.25, -0.2) is 9.48 Å². The predicted octanol–water partition coefficient (Wildman–Crippen LogP) is 2.78. The molecule has 0 unspecified atom stereocenters. The Balaban J connectivity index is 2.29. The fraction of sp³-hybridized carbons (Fsp3) is 0.417. The van der Waals surface area contributed by atoms with E-state index in [1.54, 1.807) is 4.68 Å². The van der Waals surface area contributed by atoms with Crippen molar-refractivity contribution in [2.75, 3.05) is 7.11 Å². The van der Waals surface area contributed by atoms with Crippen LogP contribution >= 0.6 is 22.9 Å². The third-order valence-corrected chi connectivity index (χ3v) is 3.85. The first-order valence-corrected chi connectivity index (χ1v) is 7.10. The molecule has 0 aliphatic rings. The van der Waals surface area contributed by atoms with Gasteiger partial charge in [-0.3, -0.25) is 0 Å². The first kappa shape index (κ1) is 14.0. The third-order valence-electron chi connectivity index (χ3n) is 2.64. The Morgan fingerprint density at radius 3 is 2.89 bits per heavy atom. The van der Waals surface area contributed by atoms with Crippen LogP contribution in [0.1, 0.15) is 34.4 Å². The van der Waals surface area contributed by atoms with Gasteiger partial charge in [0.1, 0.15) is 0 Å². The van der Waals surface area contributed by atoms with Crippen molar-refractivity contribution >= 4 is 28.9 Å². The molecule has 102 valence electrons. The second-order valence-corrected chi connectivity index (χ2v) is 5.79. The number of thiophene rings is 1. The van der Waals surface area contributed by atoms with E-state index in [0.717, 1.165) is 27.7 Å². The van der Waals surface area contributed by atoms with E-state index in [4.69, 9.17) is 16.3 Å². The standard InChI is InChI=1S/C12H14ClN3O2S/c1-3-4-9-11(12(17)18-2)14-15-16(9)7-8-5-6-10(13)19-8/h5-6H,3-4,7H2,1-2H3. The molecular formula is C12H14ClN3O2S. The summed E-state index contributed by atoms with van der Waals surface area (Å²) in [4.78, 5) is 12.7. The Labute approximate surface area is 120 Å². The molecule has 2 aromatic heterocycles. The smallest absolute Gasteiger partial charge is 0.360 e. The van der Waals surface area contributed by atoms with Gasteiger partial charge in [-0.05, 0) is 18.6 Å². The molecule has 0 saturated carbocycles. The molecule has 0 saturated heterocycles. The first-order valence-electron chi connectivity index (χ1n) is 5.90. The van der Waals surface area contributed by atoms with Crippen LogP contribution in [0.2, 0.25) is 4.34 Å². The lowest BCUT2D eigenvalue weighted by atomic mass is 10.2. The minimum atomic E-state index is -0.445. The Bertz CT molecular complexity index is 579. The summed E-state index contributed by atoms with van der Waals surface area (Å²) in [5, 5.41) is 7.96. The highest BCUT2D eigenvalue weighted by atomic mass is 35.5. The molecule has 0 bridgehead atoms. The van der Waals surface area contributed by atoms with Crippen LogP contribution in [-0.2, 0) is 17.7 Å². The number of hydrogen-bond donors (Lipinski definition) is 0. The van der Waals surface area contributed by atoms with Gasteiger partial charge in [0, 0.05) is 4.88 Å². The zero-order valence-electron chi connectivity index (χ0n) is 10.7. The number of hydrogen-bond acceptors (Lipinski definition) is 5. The molecule has 2 aromatic rings. The van der Waals surface area contributed by atoms with Crippen molar-refractivity contribution in [2.45, 2.75) is 26.3 Å². The highest BCUT2D eigenvalue weighted by Gasteiger charge is 2.19. The van der Waals surface area contributed by atoms with Crippen LogP contribution < -0.4 is 0 Å². The van der Waals surface area contributed by atoms with E-state index in [1.165, 1.54) is 18.4 Å². The van der Waals surface area contributed by atoms with Crippen LogP contribution in [0.4, 0.5) is 0 Å². The average Bonchev–Trinajstić information content (AvgIpc) is 2.97. The van der Waals surface area contributed by atoms with Crippen molar-refractivity contribution in [1.29, 1.82) is 0 Å². The minimum Gasteiger partial charge on any atom is -0.464 e. The van der Waals surface area contributed by atoms with Crippen LogP contribution in [0.15, 0.2) is 12.1 Å². The zero-order chi connectivity index (χ0) is 13.8. The normalized spacial score (nSPS) is 10.7. The second-order valence-electron chi connectivity index (χ2n) is 3.99. The van der Waals surface area contributed by atoms with Gasteiger partial charge >= 0.3 is 5.97 Å². The number of ether oxygens (including phenoxy) is 1. The van der Waals surface area contributed by atoms with Gasteiger partial charge in [0.05, 0.1) is 23.7 Å². The molecule has 2 rings (SSSR count). The van der Waals surface area contributed by atoms with E-state index >= 15 is 0 Å². The molecule has 0 aromatic carbocycles. The molecular weight excluding hydrogens is 286 g/mol. The number of nitrogens with zero attached hydrogens (tertiary/aromatic N) is 3. The number of esters is 1. The highest BCUT2D eigenvalue weighted by Crippen LogP contribution is 2.23. The zero-order valence-corrected chi connectivity index (χ0v) is 12.3. The SMILES string of the molecule is CCCc1c(C(=O)OC)nnn1Cc1ccc(Cl)s1.